The predicted octanol–water partition coefficient (Wildman–Crippen LogP) is 0.220. The highest BCUT2D eigenvalue weighted by Crippen LogP contribution is 2.31. The molecule has 1 atom stereocenters. The zero-order chi connectivity index (χ0) is 15.6. The molecule has 0 spiro atoms. The molecule has 1 fully saturated rings. The van der Waals surface area contributed by atoms with Gasteiger partial charge in [-0.15, -0.1) is 23.1 Å². The normalized spacial score (nSPS) is 18.3. The second-order valence-corrected chi connectivity index (χ2v) is 6.18. The average molecular weight is 330 g/mol. The number of nitrogens with zero attached hydrogens (tertiary/aromatic N) is 2. The molecular weight excluding hydrogens is 320 g/mol. The van der Waals surface area contributed by atoms with Gasteiger partial charge in [0.05, 0.1) is 23.1 Å². The van der Waals surface area contributed by atoms with Gasteiger partial charge < -0.3 is 10.2 Å². The fourth-order valence-corrected chi connectivity index (χ4v) is 3.44. The van der Waals surface area contributed by atoms with Gasteiger partial charge in [-0.1, -0.05) is 0 Å². The molecule has 0 saturated carbocycles. The van der Waals surface area contributed by atoms with E-state index >= 15 is 0 Å². The Bertz CT molecular complexity index is 614. The lowest BCUT2D eigenvalue weighted by Crippen LogP contribution is -2.31. The van der Waals surface area contributed by atoms with E-state index in [9.17, 15) is 19.2 Å². The summed E-state index contributed by atoms with van der Waals surface area (Å²) in [6.07, 6.45) is -0.367. The molecule has 1 aromatic heterocycles. The van der Waals surface area contributed by atoms with Crippen molar-refractivity contribution in [3.05, 3.63) is 11.1 Å². The largest absolute Gasteiger partial charge is 0.481 e. The van der Waals surface area contributed by atoms with Crippen molar-refractivity contribution in [2.75, 3.05) is 10.7 Å². The Morgan fingerprint density at radius 1 is 1.38 bits per heavy atom. The number of thiazole rings is 1. The van der Waals surface area contributed by atoms with E-state index in [4.69, 9.17) is 10.2 Å². The Kier molecular flexibility index (Phi) is 4.58. The summed E-state index contributed by atoms with van der Waals surface area (Å²) in [5, 5.41) is 18.1. The van der Waals surface area contributed by atoms with Crippen molar-refractivity contribution in [2.24, 2.45) is 0 Å². The van der Waals surface area contributed by atoms with Crippen LogP contribution in [0.2, 0.25) is 0 Å². The van der Waals surface area contributed by atoms with Gasteiger partial charge in [0.1, 0.15) is 0 Å². The van der Waals surface area contributed by atoms with Crippen LogP contribution in [0.4, 0.5) is 5.13 Å². The maximum atomic E-state index is 12.1. The minimum absolute atomic E-state index is 0.0787. The summed E-state index contributed by atoms with van der Waals surface area (Å²) < 4.78 is 0. The molecule has 2 amide bonds. The summed E-state index contributed by atoms with van der Waals surface area (Å²) in [6.45, 7) is 0. The highest BCUT2D eigenvalue weighted by atomic mass is 32.2. The number of amides is 2. The van der Waals surface area contributed by atoms with Gasteiger partial charge in [-0.05, 0) is 0 Å². The highest BCUT2D eigenvalue weighted by molar-refractivity contribution is 8.01. The maximum Gasteiger partial charge on any atom is 0.313 e. The molecule has 0 radical (unpaired) electrons. The summed E-state index contributed by atoms with van der Waals surface area (Å²) >= 11 is 1.90. The van der Waals surface area contributed by atoms with Crippen LogP contribution in [0.5, 0.6) is 0 Å². The molecule has 21 heavy (non-hydrogen) atoms. The van der Waals surface area contributed by atoms with Crippen LogP contribution in [-0.4, -0.2) is 50.0 Å². The van der Waals surface area contributed by atoms with E-state index in [0.29, 0.717) is 0 Å². The summed E-state index contributed by atoms with van der Waals surface area (Å²) in [5.41, 5.74) is 0.268. The number of aromatic nitrogens is 1. The Balaban J connectivity index is 2.10. The van der Waals surface area contributed by atoms with E-state index in [0.717, 1.165) is 28.0 Å². The van der Waals surface area contributed by atoms with Crippen molar-refractivity contribution < 1.29 is 29.4 Å². The number of anilines is 1. The van der Waals surface area contributed by atoms with E-state index in [1.165, 1.54) is 5.38 Å². The highest BCUT2D eigenvalue weighted by Gasteiger charge is 2.41. The first-order chi connectivity index (χ1) is 9.88. The van der Waals surface area contributed by atoms with Gasteiger partial charge in [0.2, 0.25) is 11.8 Å². The van der Waals surface area contributed by atoms with Crippen molar-refractivity contribution in [1.82, 2.24) is 4.98 Å². The Hall–Kier alpha value is -1.94. The zero-order valence-corrected chi connectivity index (χ0v) is 12.1. The predicted molar refractivity (Wildman–Crippen MR) is 74.4 cm³/mol. The van der Waals surface area contributed by atoms with Crippen LogP contribution in [0.3, 0.4) is 0 Å². The minimum Gasteiger partial charge on any atom is -0.481 e. The van der Waals surface area contributed by atoms with Crippen LogP contribution >= 0.6 is 23.1 Å². The van der Waals surface area contributed by atoms with Crippen molar-refractivity contribution >= 4 is 52.0 Å². The Labute approximate surface area is 126 Å². The number of hydrogen-bond acceptors (Lipinski definition) is 7. The van der Waals surface area contributed by atoms with E-state index in [1.54, 1.807) is 0 Å². The van der Waals surface area contributed by atoms with Crippen LogP contribution in [0.15, 0.2) is 5.38 Å². The smallest absolute Gasteiger partial charge is 0.313 e. The van der Waals surface area contributed by atoms with Crippen LogP contribution < -0.4 is 4.90 Å². The third-order valence-electron chi connectivity index (χ3n) is 2.58. The first-order valence-corrected chi connectivity index (χ1v) is 7.67. The summed E-state index contributed by atoms with van der Waals surface area (Å²) in [4.78, 5) is 49.9. The van der Waals surface area contributed by atoms with Crippen molar-refractivity contribution in [3.8, 4) is 0 Å². The number of carboxylic acids is 2. The lowest BCUT2D eigenvalue weighted by molar-refractivity contribution is -0.136. The van der Waals surface area contributed by atoms with Crippen molar-refractivity contribution in [3.63, 3.8) is 0 Å². The van der Waals surface area contributed by atoms with Gasteiger partial charge in [0, 0.05) is 11.8 Å². The molecule has 1 unspecified atom stereocenters. The zero-order valence-electron chi connectivity index (χ0n) is 10.5. The quantitative estimate of drug-likeness (QED) is 0.710. The van der Waals surface area contributed by atoms with Gasteiger partial charge in [-0.2, -0.15) is 0 Å². The van der Waals surface area contributed by atoms with E-state index in [2.05, 4.69) is 4.98 Å². The molecule has 2 N–H and O–H groups in total. The van der Waals surface area contributed by atoms with E-state index < -0.39 is 29.0 Å². The van der Waals surface area contributed by atoms with Gasteiger partial charge >= 0.3 is 11.9 Å². The topological polar surface area (TPSA) is 125 Å². The lowest BCUT2D eigenvalue weighted by Gasteiger charge is -2.10. The van der Waals surface area contributed by atoms with Gasteiger partial charge in [-0.25, -0.2) is 9.88 Å². The number of carboxylic acid groups (broad SMARTS) is 2. The molecule has 1 saturated heterocycles. The Morgan fingerprint density at radius 3 is 2.71 bits per heavy atom. The second kappa shape index (κ2) is 6.22. The van der Waals surface area contributed by atoms with Gasteiger partial charge in [-0.3, -0.25) is 19.2 Å². The molecule has 1 aromatic rings. The average Bonchev–Trinajstić information content (AvgIpc) is 2.91. The number of imide groups is 1. The standard InChI is InChI=1S/C11H10N2O6S2/c14-7-2-6(20-4-9(17)18)10(19)13(7)11-12-5(3-21-11)1-8(15)16/h3,6H,1-2,4H2,(H,15,16)(H,17,18). The number of aliphatic carboxylic acids is 2. The van der Waals surface area contributed by atoms with Crippen molar-refractivity contribution in [2.45, 2.75) is 18.1 Å². The molecule has 112 valence electrons. The number of rotatable bonds is 6. The van der Waals surface area contributed by atoms with E-state index in [-0.39, 0.29) is 29.4 Å². The Morgan fingerprint density at radius 2 is 2.10 bits per heavy atom. The molecule has 8 nitrogen and oxygen atoms in total. The molecule has 2 rings (SSSR count). The second-order valence-electron chi connectivity index (χ2n) is 4.16. The SMILES string of the molecule is O=C(O)CSC1CC(=O)N(c2nc(CC(=O)O)cs2)C1=O. The summed E-state index contributed by atoms with van der Waals surface area (Å²) in [7, 11) is 0. The van der Waals surface area contributed by atoms with Crippen LogP contribution in [0.1, 0.15) is 12.1 Å². The van der Waals surface area contributed by atoms with Crippen molar-refractivity contribution in [1.29, 1.82) is 0 Å². The van der Waals surface area contributed by atoms with Gasteiger partial charge in [0.15, 0.2) is 5.13 Å². The van der Waals surface area contributed by atoms with E-state index in [1.807, 2.05) is 0 Å². The molecule has 1 aliphatic heterocycles. The molecule has 0 bridgehead atoms. The number of carbonyl (C=O) groups is 4. The fourth-order valence-electron chi connectivity index (χ4n) is 1.74. The first kappa shape index (κ1) is 15.4. The molecule has 10 heteroatoms. The molecule has 0 aliphatic carbocycles. The third-order valence-corrected chi connectivity index (χ3v) is 4.64. The molecular formula is C11H10N2O6S2. The maximum absolute atomic E-state index is 12.1. The van der Waals surface area contributed by atoms with Crippen LogP contribution in [-0.2, 0) is 25.6 Å². The number of hydrogen-bond donors (Lipinski definition) is 2. The number of carbonyl (C=O) groups excluding carboxylic acids is 2. The summed E-state index contributed by atoms with van der Waals surface area (Å²) in [6, 6.07) is 0. The van der Waals surface area contributed by atoms with Crippen LogP contribution in [0, 0.1) is 0 Å². The van der Waals surface area contributed by atoms with Gasteiger partial charge in [0.25, 0.3) is 0 Å². The number of thioether (sulfide) groups is 1. The fraction of sp³-hybridized carbons (Fsp3) is 0.364. The molecule has 0 aromatic carbocycles. The van der Waals surface area contributed by atoms with Crippen LogP contribution in [0.25, 0.3) is 0 Å². The first-order valence-electron chi connectivity index (χ1n) is 5.75. The third kappa shape index (κ3) is 3.58. The minimum atomic E-state index is -1.06. The molecule has 2 heterocycles. The summed E-state index contributed by atoms with van der Waals surface area (Å²) in [5.74, 6) is -3.35. The monoisotopic (exact) mass is 330 g/mol. The lowest BCUT2D eigenvalue weighted by atomic mass is 10.3. The molecule has 1 aliphatic rings.